The molecule has 0 saturated carbocycles. The highest BCUT2D eigenvalue weighted by atomic mass is 32.2. The van der Waals surface area contributed by atoms with Gasteiger partial charge in [-0.1, -0.05) is 25.6 Å². The number of methoxy groups -OCH3 is 2. The molecule has 142 valence electrons. The number of nitrogens with one attached hydrogen (secondary N) is 2. The summed E-state index contributed by atoms with van der Waals surface area (Å²) in [7, 11) is 3.08. The van der Waals surface area contributed by atoms with Crippen LogP contribution < -0.4 is 20.1 Å². The monoisotopic (exact) mass is 379 g/mol. The van der Waals surface area contributed by atoms with E-state index in [9.17, 15) is 9.59 Å². The Morgan fingerprint density at radius 3 is 2.69 bits per heavy atom. The van der Waals surface area contributed by atoms with Gasteiger partial charge in [0.05, 0.1) is 14.2 Å². The molecule has 7 nitrogen and oxygen atoms in total. The SMILES string of the molecule is COc1ccc(NC(=O)C[C@@H]2SC(=NCCC(C)C)NC2=O)cc1OC. The number of carbonyl (C=O) groups is 2. The van der Waals surface area contributed by atoms with Gasteiger partial charge in [-0.15, -0.1) is 0 Å². The predicted octanol–water partition coefficient (Wildman–Crippen LogP) is 2.67. The van der Waals surface area contributed by atoms with E-state index in [1.54, 1.807) is 25.3 Å². The number of aliphatic imine (C=N–C) groups is 1. The van der Waals surface area contributed by atoms with Crippen LogP contribution in [0.25, 0.3) is 0 Å². The molecule has 8 heteroatoms. The number of benzene rings is 1. The third-order valence-corrected chi connectivity index (χ3v) is 4.90. The highest BCUT2D eigenvalue weighted by molar-refractivity contribution is 8.15. The molecule has 2 rings (SSSR count). The van der Waals surface area contributed by atoms with E-state index in [2.05, 4.69) is 29.5 Å². The van der Waals surface area contributed by atoms with Crippen molar-refractivity contribution in [2.75, 3.05) is 26.1 Å². The molecule has 0 aromatic heterocycles. The topological polar surface area (TPSA) is 89.0 Å². The van der Waals surface area contributed by atoms with Crippen molar-refractivity contribution in [2.45, 2.75) is 31.9 Å². The maximum absolute atomic E-state index is 12.3. The molecule has 0 aliphatic carbocycles. The van der Waals surface area contributed by atoms with E-state index in [4.69, 9.17) is 9.47 Å². The van der Waals surface area contributed by atoms with Gasteiger partial charge in [-0.3, -0.25) is 14.6 Å². The lowest BCUT2D eigenvalue weighted by Gasteiger charge is -2.11. The Bertz CT molecular complexity index is 691. The van der Waals surface area contributed by atoms with E-state index >= 15 is 0 Å². The fraction of sp³-hybridized carbons (Fsp3) is 0.500. The number of rotatable bonds is 8. The molecule has 1 saturated heterocycles. The molecule has 1 aliphatic rings. The number of ether oxygens (including phenoxy) is 2. The molecular formula is C18H25N3O4S. The van der Waals surface area contributed by atoms with Gasteiger partial charge in [0.2, 0.25) is 11.8 Å². The lowest BCUT2D eigenvalue weighted by molar-refractivity contribution is -0.122. The van der Waals surface area contributed by atoms with Crippen LogP contribution in [0.4, 0.5) is 5.69 Å². The van der Waals surface area contributed by atoms with Crippen molar-refractivity contribution in [2.24, 2.45) is 10.9 Å². The zero-order valence-corrected chi connectivity index (χ0v) is 16.3. The number of thioether (sulfide) groups is 1. The van der Waals surface area contributed by atoms with E-state index in [0.717, 1.165) is 6.42 Å². The highest BCUT2D eigenvalue weighted by Crippen LogP contribution is 2.30. The summed E-state index contributed by atoms with van der Waals surface area (Å²) in [5.74, 6) is 1.25. The highest BCUT2D eigenvalue weighted by Gasteiger charge is 2.32. The molecular weight excluding hydrogens is 354 g/mol. The lowest BCUT2D eigenvalue weighted by atomic mass is 10.1. The maximum atomic E-state index is 12.3. The Morgan fingerprint density at radius 1 is 1.31 bits per heavy atom. The van der Waals surface area contributed by atoms with Gasteiger partial charge in [0.25, 0.3) is 0 Å². The standard InChI is InChI=1S/C18H25N3O4S/c1-11(2)7-8-19-18-21-17(23)15(26-18)10-16(22)20-12-5-6-13(24-3)14(9-12)25-4/h5-6,9,11,15H,7-8,10H2,1-4H3,(H,20,22)(H,19,21,23)/t15-/m0/s1. The average molecular weight is 379 g/mol. The largest absolute Gasteiger partial charge is 0.493 e. The summed E-state index contributed by atoms with van der Waals surface area (Å²) in [6.07, 6.45) is 1.04. The van der Waals surface area contributed by atoms with Crippen molar-refractivity contribution < 1.29 is 19.1 Å². The maximum Gasteiger partial charge on any atom is 0.240 e. The molecule has 1 aromatic rings. The summed E-state index contributed by atoms with van der Waals surface area (Å²) in [6.45, 7) is 4.93. The minimum absolute atomic E-state index is 0.0774. The summed E-state index contributed by atoms with van der Waals surface area (Å²) in [6, 6.07) is 5.11. The first kappa shape index (κ1) is 20.1. The molecule has 0 bridgehead atoms. The Morgan fingerprint density at radius 2 is 2.04 bits per heavy atom. The Hall–Kier alpha value is -2.22. The first-order valence-electron chi connectivity index (χ1n) is 8.46. The number of amidine groups is 1. The first-order valence-corrected chi connectivity index (χ1v) is 9.34. The van der Waals surface area contributed by atoms with Crippen LogP contribution in [0.2, 0.25) is 0 Å². The van der Waals surface area contributed by atoms with Gasteiger partial charge < -0.3 is 20.1 Å². The first-order chi connectivity index (χ1) is 12.4. The minimum Gasteiger partial charge on any atom is -0.493 e. The molecule has 1 aliphatic heterocycles. The minimum atomic E-state index is -0.465. The molecule has 1 fully saturated rings. The molecule has 1 aromatic carbocycles. The quantitative estimate of drug-likeness (QED) is 0.725. The van der Waals surface area contributed by atoms with Gasteiger partial charge in [0.1, 0.15) is 5.25 Å². The number of nitrogens with zero attached hydrogens (tertiary/aromatic N) is 1. The third kappa shape index (κ3) is 5.66. The van der Waals surface area contributed by atoms with Crippen LogP contribution in [0.3, 0.4) is 0 Å². The molecule has 0 unspecified atom stereocenters. The van der Waals surface area contributed by atoms with Crippen LogP contribution >= 0.6 is 11.8 Å². The predicted molar refractivity (Wildman–Crippen MR) is 104 cm³/mol. The van der Waals surface area contributed by atoms with Gasteiger partial charge in [0.15, 0.2) is 16.7 Å². The summed E-state index contributed by atoms with van der Waals surface area (Å²) in [5, 5.41) is 5.65. The van der Waals surface area contributed by atoms with Crippen molar-refractivity contribution in [3.63, 3.8) is 0 Å². The molecule has 2 N–H and O–H groups in total. The summed E-state index contributed by atoms with van der Waals surface area (Å²) >= 11 is 1.31. The molecule has 1 atom stereocenters. The average Bonchev–Trinajstić information content (AvgIpc) is 2.93. The number of hydrogen-bond donors (Lipinski definition) is 2. The van der Waals surface area contributed by atoms with E-state index in [0.29, 0.717) is 34.8 Å². The number of anilines is 1. The van der Waals surface area contributed by atoms with E-state index in [-0.39, 0.29) is 18.2 Å². The Balaban J connectivity index is 1.90. The van der Waals surface area contributed by atoms with Crippen LogP contribution in [-0.4, -0.2) is 43.0 Å². The van der Waals surface area contributed by atoms with Crippen molar-refractivity contribution in [3.8, 4) is 11.5 Å². The number of hydrogen-bond acceptors (Lipinski definition) is 6. The van der Waals surface area contributed by atoms with Crippen LogP contribution in [0, 0.1) is 5.92 Å². The van der Waals surface area contributed by atoms with Gasteiger partial charge in [-0.2, -0.15) is 0 Å². The Kier molecular flexibility index (Phi) is 7.32. The zero-order valence-electron chi connectivity index (χ0n) is 15.5. The smallest absolute Gasteiger partial charge is 0.240 e. The van der Waals surface area contributed by atoms with E-state index in [1.807, 2.05) is 0 Å². The number of carbonyl (C=O) groups excluding carboxylic acids is 2. The van der Waals surface area contributed by atoms with Crippen molar-refractivity contribution in [1.82, 2.24) is 5.32 Å². The fourth-order valence-electron chi connectivity index (χ4n) is 2.33. The second-order valence-electron chi connectivity index (χ2n) is 6.29. The van der Waals surface area contributed by atoms with Gasteiger partial charge in [-0.05, 0) is 24.5 Å². The lowest BCUT2D eigenvalue weighted by Crippen LogP contribution is -2.28. The summed E-state index contributed by atoms with van der Waals surface area (Å²) in [4.78, 5) is 28.7. The molecule has 1 heterocycles. The van der Waals surface area contributed by atoms with Crippen LogP contribution in [0.1, 0.15) is 26.7 Å². The van der Waals surface area contributed by atoms with Gasteiger partial charge in [-0.25, -0.2) is 0 Å². The Labute approximate surface area is 157 Å². The fourth-order valence-corrected chi connectivity index (χ4v) is 3.33. The zero-order chi connectivity index (χ0) is 19.1. The van der Waals surface area contributed by atoms with Crippen LogP contribution in [0.5, 0.6) is 11.5 Å². The van der Waals surface area contributed by atoms with E-state index < -0.39 is 5.25 Å². The molecule has 0 radical (unpaired) electrons. The van der Waals surface area contributed by atoms with Crippen molar-refractivity contribution >= 4 is 34.4 Å². The van der Waals surface area contributed by atoms with Crippen LogP contribution in [-0.2, 0) is 9.59 Å². The molecule has 0 spiro atoms. The summed E-state index contributed by atoms with van der Waals surface area (Å²) < 4.78 is 10.4. The second-order valence-corrected chi connectivity index (χ2v) is 7.48. The van der Waals surface area contributed by atoms with Crippen molar-refractivity contribution in [3.05, 3.63) is 18.2 Å². The third-order valence-electron chi connectivity index (χ3n) is 3.78. The van der Waals surface area contributed by atoms with Crippen LogP contribution in [0.15, 0.2) is 23.2 Å². The number of amides is 2. The second kappa shape index (κ2) is 9.47. The van der Waals surface area contributed by atoms with Gasteiger partial charge in [0, 0.05) is 24.7 Å². The molecule has 26 heavy (non-hydrogen) atoms. The van der Waals surface area contributed by atoms with E-state index in [1.165, 1.54) is 18.9 Å². The van der Waals surface area contributed by atoms with Gasteiger partial charge >= 0.3 is 0 Å². The normalized spacial score (nSPS) is 18.1. The van der Waals surface area contributed by atoms with Crippen molar-refractivity contribution in [1.29, 1.82) is 0 Å². The summed E-state index contributed by atoms with van der Waals surface area (Å²) in [5.41, 5.74) is 0.585. The molecule has 2 amide bonds.